The Morgan fingerprint density at radius 2 is 1.44 bits per heavy atom. The van der Waals surface area contributed by atoms with Gasteiger partial charge in [-0.05, 0) is 46.0 Å². The zero-order valence-corrected chi connectivity index (χ0v) is 15.6. The molecule has 0 atom stereocenters. The van der Waals surface area contributed by atoms with Gasteiger partial charge in [0.2, 0.25) is 0 Å². The summed E-state index contributed by atoms with van der Waals surface area (Å²) in [5, 5.41) is 3.72. The smallest absolute Gasteiger partial charge is 0.197 e. The maximum Gasteiger partial charge on any atom is 0.197 e. The van der Waals surface area contributed by atoms with Crippen molar-refractivity contribution in [2.24, 2.45) is 12.2 Å². The Morgan fingerprint density at radius 1 is 0.926 bits per heavy atom. The summed E-state index contributed by atoms with van der Waals surface area (Å²) < 4.78 is 12.3. The van der Waals surface area contributed by atoms with Gasteiger partial charge >= 0.3 is 0 Å². The number of benzene rings is 2. The van der Waals surface area contributed by atoms with Crippen molar-refractivity contribution in [1.29, 1.82) is 0 Å². The van der Waals surface area contributed by atoms with E-state index in [1.54, 1.807) is 14.2 Å². The van der Waals surface area contributed by atoms with Crippen LogP contribution in [-0.2, 0) is 19.9 Å². The lowest BCUT2D eigenvalue weighted by Crippen LogP contribution is -2.02. The third-order valence-electron chi connectivity index (χ3n) is 4.47. The summed E-state index contributed by atoms with van der Waals surface area (Å²) in [4.78, 5) is 7.44. The summed E-state index contributed by atoms with van der Waals surface area (Å²) in [6.07, 6.45) is 1.32. The van der Waals surface area contributed by atoms with Crippen molar-refractivity contribution in [1.82, 2.24) is 9.55 Å². The summed E-state index contributed by atoms with van der Waals surface area (Å²) in [7, 11) is 5.16. The zero-order chi connectivity index (χ0) is 19.2. The lowest BCUT2D eigenvalue weighted by molar-refractivity contribution is 0.414. The molecule has 0 amide bonds. The van der Waals surface area contributed by atoms with E-state index >= 15 is 0 Å². The molecule has 2 aromatic carbocycles. The van der Waals surface area contributed by atoms with Crippen molar-refractivity contribution in [2.75, 3.05) is 14.2 Å². The Balaban J connectivity index is 1.93. The number of ether oxygens (including phenoxy) is 2. The SMILES string of the molecule is COc1ccc(Cc2nc(N=[N+]=[N-])n(C)c2Cc2ccc(OC)cc2)cc1. The van der Waals surface area contributed by atoms with Crippen LogP contribution < -0.4 is 9.47 Å². The number of imidazole rings is 1. The molecule has 0 saturated carbocycles. The molecule has 0 aliphatic heterocycles. The average Bonchev–Trinajstić information content (AvgIpc) is 2.98. The largest absolute Gasteiger partial charge is 0.497 e. The molecular weight excluding hydrogens is 342 g/mol. The number of azide groups is 1. The van der Waals surface area contributed by atoms with Crippen LogP contribution in [-0.4, -0.2) is 23.8 Å². The van der Waals surface area contributed by atoms with Gasteiger partial charge in [0.15, 0.2) is 5.95 Å². The second kappa shape index (κ2) is 8.29. The molecule has 3 rings (SSSR count). The molecule has 0 N–H and O–H groups in total. The van der Waals surface area contributed by atoms with E-state index in [0.29, 0.717) is 18.8 Å². The first-order valence-corrected chi connectivity index (χ1v) is 8.50. The molecule has 3 aromatic rings. The average molecular weight is 363 g/mol. The Labute approximate surface area is 157 Å². The van der Waals surface area contributed by atoms with Gasteiger partial charge in [0.25, 0.3) is 0 Å². The number of hydrogen-bond donors (Lipinski definition) is 0. The van der Waals surface area contributed by atoms with Crippen molar-refractivity contribution in [2.45, 2.75) is 12.8 Å². The normalized spacial score (nSPS) is 10.3. The van der Waals surface area contributed by atoms with Gasteiger partial charge in [-0.15, -0.1) is 0 Å². The fourth-order valence-corrected chi connectivity index (χ4v) is 2.94. The van der Waals surface area contributed by atoms with E-state index in [1.807, 2.05) is 60.1 Å². The lowest BCUT2D eigenvalue weighted by atomic mass is 10.0. The molecule has 27 heavy (non-hydrogen) atoms. The van der Waals surface area contributed by atoms with E-state index < -0.39 is 0 Å². The van der Waals surface area contributed by atoms with E-state index in [1.165, 1.54) is 0 Å². The Hall–Kier alpha value is -3.44. The van der Waals surface area contributed by atoms with Gasteiger partial charge in [0.05, 0.1) is 19.9 Å². The molecule has 0 spiro atoms. The number of hydrogen-bond acceptors (Lipinski definition) is 4. The summed E-state index contributed by atoms with van der Waals surface area (Å²) in [6, 6.07) is 15.8. The third-order valence-corrected chi connectivity index (χ3v) is 4.47. The summed E-state index contributed by atoms with van der Waals surface area (Å²) in [5.74, 6) is 1.99. The molecule has 0 saturated heterocycles. The summed E-state index contributed by atoms with van der Waals surface area (Å²) in [5.41, 5.74) is 13.0. The van der Waals surface area contributed by atoms with E-state index in [2.05, 4.69) is 15.0 Å². The second-order valence-electron chi connectivity index (χ2n) is 6.10. The van der Waals surface area contributed by atoms with Gasteiger partial charge in [-0.3, -0.25) is 0 Å². The Morgan fingerprint density at radius 3 is 1.93 bits per heavy atom. The molecule has 7 nitrogen and oxygen atoms in total. The van der Waals surface area contributed by atoms with Crippen LogP contribution in [0.4, 0.5) is 5.95 Å². The standard InChI is InChI=1S/C20H21N5O2/c1-25-19(13-15-6-10-17(27-3)11-7-15)18(22-20(25)23-24-21)12-14-4-8-16(26-2)9-5-14/h4-11H,12-13H2,1-3H3. The maximum absolute atomic E-state index is 8.82. The molecule has 0 aliphatic rings. The first-order valence-electron chi connectivity index (χ1n) is 8.50. The van der Waals surface area contributed by atoms with Crippen molar-refractivity contribution in [3.05, 3.63) is 81.5 Å². The topological polar surface area (TPSA) is 85.0 Å². The molecule has 0 unspecified atom stereocenters. The minimum Gasteiger partial charge on any atom is -0.497 e. The lowest BCUT2D eigenvalue weighted by Gasteiger charge is -2.08. The van der Waals surface area contributed by atoms with Crippen LogP contribution in [0, 0.1) is 0 Å². The molecule has 0 fully saturated rings. The van der Waals surface area contributed by atoms with Crippen LogP contribution >= 0.6 is 0 Å². The van der Waals surface area contributed by atoms with Gasteiger partial charge < -0.3 is 14.0 Å². The molecular formula is C20H21N5O2. The molecule has 138 valence electrons. The Kier molecular flexibility index (Phi) is 5.64. The Bertz CT molecular complexity index is 955. The molecule has 0 radical (unpaired) electrons. The van der Waals surface area contributed by atoms with Crippen LogP contribution in [0.3, 0.4) is 0 Å². The quantitative estimate of drug-likeness (QED) is 0.350. The minimum atomic E-state index is 0.365. The summed E-state index contributed by atoms with van der Waals surface area (Å²) in [6.45, 7) is 0. The predicted molar refractivity (Wildman–Crippen MR) is 104 cm³/mol. The van der Waals surface area contributed by atoms with Gasteiger partial charge in [0.1, 0.15) is 11.5 Å². The van der Waals surface area contributed by atoms with E-state index in [4.69, 9.17) is 15.0 Å². The number of nitrogens with zero attached hydrogens (tertiary/aromatic N) is 5. The van der Waals surface area contributed by atoms with Crippen molar-refractivity contribution in [3.63, 3.8) is 0 Å². The highest BCUT2D eigenvalue weighted by molar-refractivity contribution is 5.38. The predicted octanol–water partition coefficient (Wildman–Crippen LogP) is 4.56. The van der Waals surface area contributed by atoms with Gasteiger partial charge in [0, 0.05) is 30.5 Å². The number of aromatic nitrogens is 2. The van der Waals surface area contributed by atoms with E-state index in [9.17, 15) is 0 Å². The monoisotopic (exact) mass is 363 g/mol. The van der Waals surface area contributed by atoms with Crippen molar-refractivity contribution in [3.8, 4) is 11.5 Å². The van der Waals surface area contributed by atoms with Crippen molar-refractivity contribution >= 4 is 5.95 Å². The minimum absolute atomic E-state index is 0.365. The van der Waals surface area contributed by atoms with Gasteiger partial charge in [-0.1, -0.05) is 24.3 Å². The molecule has 1 aromatic heterocycles. The molecule has 1 heterocycles. The zero-order valence-electron chi connectivity index (χ0n) is 15.6. The van der Waals surface area contributed by atoms with Gasteiger partial charge in [-0.25, -0.2) is 4.98 Å². The van der Waals surface area contributed by atoms with Crippen LogP contribution in [0.2, 0.25) is 0 Å². The number of methoxy groups -OCH3 is 2. The molecule has 0 aliphatic carbocycles. The number of rotatable bonds is 7. The van der Waals surface area contributed by atoms with Gasteiger partial charge in [-0.2, -0.15) is 0 Å². The highest BCUT2D eigenvalue weighted by Gasteiger charge is 2.15. The first kappa shape index (κ1) is 18.4. The maximum atomic E-state index is 8.82. The fraction of sp³-hybridized carbons (Fsp3) is 0.250. The second-order valence-corrected chi connectivity index (χ2v) is 6.10. The van der Waals surface area contributed by atoms with Crippen molar-refractivity contribution < 1.29 is 9.47 Å². The summed E-state index contributed by atoms with van der Waals surface area (Å²) >= 11 is 0. The van der Waals surface area contributed by atoms with E-state index in [0.717, 1.165) is 34.0 Å². The molecule has 0 bridgehead atoms. The fourth-order valence-electron chi connectivity index (χ4n) is 2.94. The first-order chi connectivity index (χ1) is 13.1. The third kappa shape index (κ3) is 4.22. The highest BCUT2D eigenvalue weighted by Crippen LogP contribution is 2.24. The van der Waals surface area contributed by atoms with Crippen LogP contribution in [0.5, 0.6) is 11.5 Å². The van der Waals surface area contributed by atoms with Crippen LogP contribution in [0.25, 0.3) is 10.4 Å². The highest BCUT2D eigenvalue weighted by atomic mass is 16.5. The van der Waals surface area contributed by atoms with Crippen LogP contribution in [0.1, 0.15) is 22.5 Å². The van der Waals surface area contributed by atoms with Crippen LogP contribution in [0.15, 0.2) is 53.6 Å². The molecule has 7 heteroatoms. The van der Waals surface area contributed by atoms with E-state index in [-0.39, 0.29) is 0 Å².